The van der Waals surface area contributed by atoms with Crippen molar-refractivity contribution in [2.45, 2.75) is 0 Å². The SMILES string of the molecule is O=C(c1cccc(F)c1)c1csnn1. The van der Waals surface area contributed by atoms with Crippen LogP contribution in [0.5, 0.6) is 0 Å². The van der Waals surface area contributed by atoms with E-state index in [1.54, 1.807) is 6.07 Å². The van der Waals surface area contributed by atoms with Gasteiger partial charge in [0.15, 0.2) is 0 Å². The van der Waals surface area contributed by atoms with Crippen LogP contribution in [0.3, 0.4) is 0 Å². The monoisotopic (exact) mass is 208 g/mol. The molecule has 0 atom stereocenters. The van der Waals surface area contributed by atoms with Crippen molar-refractivity contribution in [2.75, 3.05) is 0 Å². The Labute approximate surface area is 83.4 Å². The van der Waals surface area contributed by atoms with Crippen LogP contribution < -0.4 is 0 Å². The van der Waals surface area contributed by atoms with Crippen LogP contribution in [-0.4, -0.2) is 15.4 Å². The largest absolute Gasteiger partial charge is 0.287 e. The molecule has 70 valence electrons. The van der Waals surface area contributed by atoms with Gasteiger partial charge < -0.3 is 0 Å². The number of ketones is 1. The van der Waals surface area contributed by atoms with Gasteiger partial charge in [0.1, 0.15) is 11.5 Å². The Morgan fingerprint density at radius 1 is 1.43 bits per heavy atom. The fourth-order valence-electron chi connectivity index (χ4n) is 1.04. The van der Waals surface area contributed by atoms with E-state index in [0.717, 1.165) is 11.5 Å². The molecule has 0 aliphatic carbocycles. The van der Waals surface area contributed by atoms with E-state index in [9.17, 15) is 9.18 Å². The molecule has 1 aromatic heterocycles. The van der Waals surface area contributed by atoms with Gasteiger partial charge in [-0.05, 0) is 23.7 Å². The highest BCUT2D eigenvalue weighted by Gasteiger charge is 2.11. The van der Waals surface area contributed by atoms with E-state index in [1.165, 1.54) is 23.6 Å². The summed E-state index contributed by atoms with van der Waals surface area (Å²) in [7, 11) is 0. The van der Waals surface area contributed by atoms with Gasteiger partial charge in [0.05, 0.1) is 0 Å². The summed E-state index contributed by atoms with van der Waals surface area (Å²) in [5, 5.41) is 5.15. The minimum atomic E-state index is -0.431. The first kappa shape index (κ1) is 8.96. The zero-order chi connectivity index (χ0) is 9.97. The van der Waals surface area contributed by atoms with Crippen molar-refractivity contribution in [1.29, 1.82) is 0 Å². The molecule has 5 heteroatoms. The molecular formula is C9H5FN2OS. The highest BCUT2D eigenvalue weighted by Crippen LogP contribution is 2.09. The normalized spacial score (nSPS) is 10.1. The van der Waals surface area contributed by atoms with E-state index < -0.39 is 5.82 Å². The van der Waals surface area contributed by atoms with Gasteiger partial charge >= 0.3 is 0 Å². The van der Waals surface area contributed by atoms with Crippen LogP contribution in [0.15, 0.2) is 29.6 Å². The summed E-state index contributed by atoms with van der Waals surface area (Å²) in [6.07, 6.45) is 0. The number of carbonyl (C=O) groups excluding carboxylic acids is 1. The van der Waals surface area contributed by atoms with Crippen molar-refractivity contribution in [1.82, 2.24) is 9.59 Å². The van der Waals surface area contributed by atoms with E-state index in [1.807, 2.05) is 0 Å². The van der Waals surface area contributed by atoms with Crippen LogP contribution >= 0.6 is 11.5 Å². The Balaban J connectivity index is 2.37. The van der Waals surface area contributed by atoms with Crippen LogP contribution in [0.2, 0.25) is 0 Å². The molecule has 0 fully saturated rings. The van der Waals surface area contributed by atoms with Crippen LogP contribution in [0, 0.1) is 5.82 Å². The van der Waals surface area contributed by atoms with Gasteiger partial charge in [-0.2, -0.15) is 0 Å². The predicted molar refractivity (Wildman–Crippen MR) is 49.7 cm³/mol. The fraction of sp³-hybridized carbons (Fsp3) is 0. The minimum absolute atomic E-state index is 0.251. The average Bonchev–Trinajstić information content (AvgIpc) is 2.69. The van der Waals surface area contributed by atoms with Gasteiger partial charge in [-0.15, -0.1) is 5.10 Å². The van der Waals surface area contributed by atoms with Crippen LogP contribution in [0.1, 0.15) is 16.1 Å². The number of aromatic nitrogens is 2. The third-order valence-corrected chi connectivity index (χ3v) is 2.18. The second kappa shape index (κ2) is 3.63. The molecule has 0 aliphatic rings. The molecule has 2 aromatic rings. The van der Waals surface area contributed by atoms with E-state index in [2.05, 4.69) is 9.59 Å². The second-order valence-corrected chi connectivity index (χ2v) is 3.24. The summed E-state index contributed by atoms with van der Waals surface area (Å²) in [6, 6.07) is 5.50. The predicted octanol–water partition coefficient (Wildman–Crippen LogP) is 1.91. The second-order valence-electron chi connectivity index (χ2n) is 2.63. The zero-order valence-corrected chi connectivity index (χ0v) is 7.79. The number of benzene rings is 1. The summed E-state index contributed by atoms with van der Waals surface area (Å²) in [6.45, 7) is 0. The average molecular weight is 208 g/mol. The van der Waals surface area contributed by atoms with Crippen molar-refractivity contribution in [3.8, 4) is 0 Å². The maximum atomic E-state index is 12.8. The summed E-state index contributed by atoms with van der Waals surface area (Å²) < 4.78 is 16.4. The molecule has 0 unspecified atom stereocenters. The lowest BCUT2D eigenvalue weighted by Crippen LogP contribution is -2.01. The van der Waals surface area contributed by atoms with Gasteiger partial charge in [0, 0.05) is 10.9 Å². The number of carbonyl (C=O) groups is 1. The van der Waals surface area contributed by atoms with Gasteiger partial charge in [0.25, 0.3) is 0 Å². The minimum Gasteiger partial charge on any atom is -0.287 e. The summed E-state index contributed by atoms with van der Waals surface area (Å²) in [5.74, 6) is -0.739. The molecule has 0 N–H and O–H groups in total. The molecule has 0 bridgehead atoms. The maximum Gasteiger partial charge on any atom is 0.214 e. The first-order valence-electron chi connectivity index (χ1n) is 3.85. The highest BCUT2D eigenvalue weighted by molar-refractivity contribution is 7.03. The molecule has 0 spiro atoms. The molecular weight excluding hydrogens is 203 g/mol. The van der Waals surface area contributed by atoms with Crippen molar-refractivity contribution >= 4 is 17.3 Å². The molecule has 1 aromatic carbocycles. The maximum absolute atomic E-state index is 12.8. The Hall–Kier alpha value is -1.62. The number of rotatable bonds is 2. The van der Waals surface area contributed by atoms with Gasteiger partial charge in [0.2, 0.25) is 5.78 Å². The molecule has 2 rings (SSSR count). The Kier molecular flexibility index (Phi) is 2.32. The number of hydrogen-bond acceptors (Lipinski definition) is 4. The van der Waals surface area contributed by atoms with Crippen LogP contribution in [0.25, 0.3) is 0 Å². The molecule has 14 heavy (non-hydrogen) atoms. The molecule has 0 radical (unpaired) electrons. The first-order valence-corrected chi connectivity index (χ1v) is 4.68. The number of hydrogen-bond donors (Lipinski definition) is 0. The zero-order valence-electron chi connectivity index (χ0n) is 6.98. The third kappa shape index (κ3) is 1.67. The van der Waals surface area contributed by atoms with Crippen molar-refractivity contribution in [3.63, 3.8) is 0 Å². The Morgan fingerprint density at radius 3 is 2.93 bits per heavy atom. The molecule has 0 aliphatic heterocycles. The van der Waals surface area contributed by atoms with E-state index in [4.69, 9.17) is 0 Å². The highest BCUT2D eigenvalue weighted by atomic mass is 32.1. The lowest BCUT2D eigenvalue weighted by molar-refractivity contribution is 0.103. The van der Waals surface area contributed by atoms with Gasteiger partial charge in [-0.1, -0.05) is 16.6 Å². The summed E-state index contributed by atoms with van der Waals surface area (Å²) in [4.78, 5) is 11.6. The standard InChI is InChI=1S/C9H5FN2OS/c10-7-3-1-2-6(4-7)9(13)8-5-14-12-11-8/h1-5H. The van der Waals surface area contributed by atoms with Crippen LogP contribution in [0.4, 0.5) is 4.39 Å². The number of halogens is 1. The van der Waals surface area contributed by atoms with Crippen LogP contribution in [-0.2, 0) is 0 Å². The first-order chi connectivity index (χ1) is 6.77. The fourth-order valence-corrected chi connectivity index (χ4v) is 1.48. The smallest absolute Gasteiger partial charge is 0.214 e. The van der Waals surface area contributed by atoms with Gasteiger partial charge in [-0.3, -0.25) is 4.79 Å². The molecule has 3 nitrogen and oxygen atoms in total. The van der Waals surface area contributed by atoms with Crippen molar-refractivity contribution in [2.24, 2.45) is 0 Å². The van der Waals surface area contributed by atoms with E-state index in [0.29, 0.717) is 0 Å². The quantitative estimate of drug-likeness (QED) is 0.708. The van der Waals surface area contributed by atoms with E-state index >= 15 is 0 Å². The third-order valence-electron chi connectivity index (χ3n) is 1.68. The van der Waals surface area contributed by atoms with Crippen molar-refractivity contribution < 1.29 is 9.18 Å². The number of nitrogens with zero attached hydrogens (tertiary/aromatic N) is 2. The molecule has 0 saturated carbocycles. The van der Waals surface area contributed by atoms with Crippen molar-refractivity contribution in [3.05, 3.63) is 46.7 Å². The Bertz CT molecular complexity index is 456. The summed E-state index contributed by atoms with van der Waals surface area (Å²) in [5.41, 5.74) is 0.540. The summed E-state index contributed by atoms with van der Waals surface area (Å²) >= 11 is 1.09. The topological polar surface area (TPSA) is 42.9 Å². The molecule has 1 heterocycles. The van der Waals surface area contributed by atoms with Gasteiger partial charge in [-0.25, -0.2) is 4.39 Å². The lowest BCUT2D eigenvalue weighted by atomic mass is 10.1. The Morgan fingerprint density at radius 2 is 2.29 bits per heavy atom. The molecule has 0 amide bonds. The molecule has 0 saturated heterocycles. The van der Waals surface area contributed by atoms with E-state index in [-0.39, 0.29) is 17.0 Å². The lowest BCUT2D eigenvalue weighted by Gasteiger charge is -1.95.